The van der Waals surface area contributed by atoms with Gasteiger partial charge in [-0.1, -0.05) is 0 Å². The van der Waals surface area contributed by atoms with Gasteiger partial charge in [0.15, 0.2) is 0 Å². The van der Waals surface area contributed by atoms with Gasteiger partial charge in [-0.3, -0.25) is 4.79 Å². The SMILES string of the molecule is CSCC(=O)N1CC(CO)OC(C)(C)C1. The van der Waals surface area contributed by atoms with Crippen molar-refractivity contribution in [2.45, 2.75) is 25.6 Å². The molecule has 1 heterocycles. The first-order chi connectivity index (χ1) is 6.98. The van der Waals surface area contributed by atoms with E-state index < -0.39 is 0 Å². The number of carbonyl (C=O) groups is 1. The first-order valence-electron chi connectivity index (χ1n) is 5.04. The number of amides is 1. The Kier molecular flexibility index (Phi) is 4.43. The van der Waals surface area contributed by atoms with E-state index in [4.69, 9.17) is 9.84 Å². The zero-order chi connectivity index (χ0) is 11.5. The number of hydrogen-bond donors (Lipinski definition) is 1. The average Bonchev–Trinajstić information content (AvgIpc) is 2.15. The first-order valence-corrected chi connectivity index (χ1v) is 6.43. The Bertz CT molecular complexity index is 233. The summed E-state index contributed by atoms with van der Waals surface area (Å²) in [7, 11) is 0. The number of aliphatic hydroxyl groups excluding tert-OH is 1. The summed E-state index contributed by atoms with van der Waals surface area (Å²) in [4.78, 5) is 13.5. The normalized spacial score (nSPS) is 25.3. The summed E-state index contributed by atoms with van der Waals surface area (Å²) in [6, 6.07) is 0. The maximum atomic E-state index is 11.7. The Balaban J connectivity index is 2.61. The highest BCUT2D eigenvalue weighted by atomic mass is 32.2. The highest BCUT2D eigenvalue weighted by molar-refractivity contribution is 7.99. The topological polar surface area (TPSA) is 49.8 Å². The van der Waals surface area contributed by atoms with Gasteiger partial charge in [0.05, 0.1) is 24.1 Å². The fraction of sp³-hybridized carbons (Fsp3) is 0.900. The Hall–Kier alpha value is -0.260. The quantitative estimate of drug-likeness (QED) is 0.764. The molecule has 1 fully saturated rings. The van der Waals surface area contributed by atoms with Gasteiger partial charge >= 0.3 is 0 Å². The van der Waals surface area contributed by atoms with Crippen LogP contribution in [0.1, 0.15) is 13.8 Å². The molecule has 1 rings (SSSR count). The zero-order valence-corrected chi connectivity index (χ0v) is 10.3. The third-order valence-electron chi connectivity index (χ3n) is 2.31. The lowest BCUT2D eigenvalue weighted by atomic mass is 10.1. The Morgan fingerprint density at radius 1 is 1.67 bits per heavy atom. The summed E-state index contributed by atoms with van der Waals surface area (Å²) in [5, 5.41) is 9.08. The van der Waals surface area contributed by atoms with Gasteiger partial charge in [0, 0.05) is 13.1 Å². The lowest BCUT2D eigenvalue weighted by Crippen LogP contribution is -2.55. The first kappa shape index (κ1) is 12.8. The molecule has 0 bridgehead atoms. The minimum absolute atomic E-state index is 0.0352. The van der Waals surface area contributed by atoms with E-state index in [1.807, 2.05) is 20.1 Å². The van der Waals surface area contributed by atoms with E-state index in [2.05, 4.69) is 0 Å². The number of ether oxygens (including phenoxy) is 1. The van der Waals surface area contributed by atoms with Crippen molar-refractivity contribution in [3.05, 3.63) is 0 Å². The van der Waals surface area contributed by atoms with Crippen molar-refractivity contribution in [1.82, 2.24) is 4.90 Å². The molecule has 1 saturated heterocycles. The van der Waals surface area contributed by atoms with E-state index in [1.54, 1.807) is 4.90 Å². The van der Waals surface area contributed by atoms with Crippen molar-refractivity contribution in [3.8, 4) is 0 Å². The van der Waals surface area contributed by atoms with E-state index in [9.17, 15) is 4.79 Å². The van der Waals surface area contributed by atoms with Crippen molar-refractivity contribution in [3.63, 3.8) is 0 Å². The molecule has 0 aromatic carbocycles. The molecular weight excluding hydrogens is 214 g/mol. The second-order valence-electron chi connectivity index (χ2n) is 4.39. The van der Waals surface area contributed by atoms with Crippen molar-refractivity contribution < 1.29 is 14.6 Å². The maximum Gasteiger partial charge on any atom is 0.232 e. The number of carbonyl (C=O) groups excluding carboxylic acids is 1. The van der Waals surface area contributed by atoms with E-state index >= 15 is 0 Å². The lowest BCUT2D eigenvalue weighted by Gasteiger charge is -2.42. The van der Waals surface area contributed by atoms with Gasteiger partial charge in [0.2, 0.25) is 5.91 Å². The van der Waals surface area contributed by atoms with E-state index in [0.29, 0.717) is 18.8 Å². The highest BCUT2D eigenvalue weighted by Crippen LogP contribution is 2.21. The number of hydrogen-bond acceptors (Lipinski definition) is 4. The Labute approximate surface area is 95.0 Å². The van der Waals surface area contributed by atoms with Crippen LogP contribution in [0.25, 0.3) is 0 Å². The molecule has 15 heavy (non-hydrogen) atoms. The van der Waals surface area contributed by atoms with Gasteiger partial charge < -0.3 is 14.7 Å². The van der Waals surface area contributed by atoms with E-state index in [-0.39, 0.29) is 24.2 Å². The van der Waals surface area contributed by atoms with Gasteiger partial charge in [-0.05, 0) is 20.1 Å². The third-order valence-corrected chi connectivity index (χ3v) is 2.84. The lowest BCUT2D eigenvalue weighted by molar-refractivity contribution is -0.165. The second-order valence-corrected chi connectivity index (χ2v) is 5.26. The molecule has 0 spiro atoms. The number of nitrogens with zero attached hydrogens (tertiary/aromatic N) is 1. The monoisotopic (exact) mass is 233 g/mol. The summed E-state index contributed by atoms with van der Waals surface area (Å²) in [6.45, 7) is 4.94. The summed E-state index contributed by atoms with van der Waals surface area (Å²) in [5.74, 6) is 0.617. The number of aliphatic hydroxyl groups is 1. The van der Waals surface area contributed by atoms with Crippen molar-refractivity contribution in [2.24, 2.45) is 0 Å². The highest BCUT2D eigenvalue weighted by Gasteiger charge is 2.34. The Morgan fingerprint density at radius 2 is 2.33 bits per heavy atom. The van der Waals surface area contributed by atoms with Gasteiger partial charge in [-0.15, -0.1) is 0 Å². The van der Waals surface area contributed by atoms with Crippen LogP contribution in [0.3, 0.4) is 0 Å². The molecule has 0 aliphatic carbocycles. The fourth-order valence-corrected chi connectivity index (χ4v) is 2.23. The maximum absolute atomic E-state index is 11.7. The largest absolute Gasteiger partial charge is 0.394 e. The Morgan fingerprint density at radius 3 is 2.87 bits per heavy atom. The van der Waals surface area contributed by atoms with Gasteiger partial charge in [-0.25, -0.2) is 0 Å². The molecule has 1 amide bonds. The van der Waals surface area contributed by atoms with Crippen LogP contribution in [0.4, 0.5) is 0 Å². The number of morpholine rings is 1. The summed E-state index contributed by atoms with van der Waals surface area (Å²) >= 11 is 1.52. The van der Waals surface area contributed by atoms with Crippen LogP contribution in [0.2, 0.25) is 0 Å². The molecule has 88 valence electrons. The van der Waals surface area contributed by atoms with Crippen LogP contribution in [0.15, 0.2) is 0 Å². The molecule has 1 N–H and O–H groups in total. The molecular formula is C10H19NO3S. The predicted molar refractivity (Wildman–Crippen MR) is 61.0 cm³/mol. The van der Waals surface area contributed by atoms with Crippen LogP contribution < -0.4 is 0 Å². The average molecular weight is 233 g/mol. The smallest absolute Gasteiger partial charge is 0.232 e. The minimum Gasteiger partial charge on any atom is -0.394 e. The molecule has 1 unspecified atom stereocenters. The number of thioether (sulfide) groups is 1. The van der Waals surface area contributed by atoms with Crippen LogP contribution in [-0.4, -0.2) is 59.3 Å². The molecule has 1 aliphatic rings. The summed E-state index contributed by atoms with van der Waals surface area (Å²) in [6.07, 6.45) is 1.66. The van der Waals surface area contributed by atoms with Crippen molar-refractivity contribution in [2.75, 3.05) is 31.7 Å². The molecule has 1 atom stereocenters. The van der Waals surface area contributed by atoms with E-state index in [0.717, 1.165) is 0 Å². The van der Waals surface area contributed by atoms with Crippen LogP contribution in [-0.2, 0) is 9.53 Å². The molecule has 5 heteroatoms. The van der Waals surface area contributed by atoms with Crippen molar-refractivity contribution in [1.29, 1.82) is 0 Å². The molecule has 0 saturated carbocycles. The second kappa shape index (κ2) is 5.18. The van der Waals surface area contributed by atoms with Gasteiger partial charge in [0.25, 0.3) is 0 Å². The van der Waals surface area contributed by atoms with Crippen LogP contribution in [0.5, 0.6) is 0 Å². The minimum atomic E-state index is -0.361. The fourth-order valence-electron chi connectivity index (χ4n) is 1.80. The van der Waals surface area contributed by atoms with Crippen molar-refractivity contribution >= 4 is 17.7 Å². The predicted octanol–water partition coefficient (Wildman–Crippen LogP) is 0.348. The molecule has 1 aliphatic heterocycles. The molecule has 0 aromatic heterocycles. The molecule has 4 nitrogen and oxygen atoms in total. The summed E-state index contributed by atoms with van der Waals surface area (Å²) < 4.78 is 5.63. The number of rotatable bonds is 3. The molecule has 0 aromatic rings. The van der Waals surface area contributed by atoms with E-state index in [1.165, 1.54) is 11.8 Å². The third kappa shape index (κ3) is 3.66. The van der Waals surface area contributed by atoms with Gasteiger partial charge in [0.1, 0.15) is 0 Å². The standard InChI is InChI=1S/C10H19NO3S/c1-10(2)7-11(9(13)6-15-3)4-8(5-12)14-10/h8,12H,4-7H2,1-3H3. The molecule has 0 radical (unpaired) electrons. The van der Waals surface area contributed by atoms with Gasteiger partial charge in [-0.2, -0.15) is 11.8 Å². The van der Waals surface area contributed by atoms with Crippen LogP contribution in [0, 0.1) is 0 Å². The zero-order valence-electron chi connectivity index (χ0n) is 9.52. The summed E-state index contributed by atoms with van der Waals surface area (Å²) in [5.41, 5.74) is -0.361. The van der Waals surface area contributed by atoms with Crippen LogP contribution >= 0.6 is 11.8 Å².